The highest BCUT2D eigenvalue weighted by molar-refractivity contribution is 7.18. The molecular weight excluding hydrogens is 386 g/mol. The zero-order valence-corrected chi connectivity index (χ0v) is 17.9. The number of hydrogen-bond donors (Lipinski definition) is 0. The maximum Gasteiger partial charge on any atom is 0.237 e. The molecule has 6 heteroatoms. The van der Waals surface area contributed by atoms with Crippen molar-refractivity contribution in [3.8, 4) is 0 Å². The molecule has 0 saturated heterocycles. The van der Waals surface area contributed by atoms with Crippen LogP contribution in [0.1, 0.15) is 47.3 Å². The first-order valence-electron chi connectivity index (χ1n) is 10.0. The van der Waals surface area contributed by atoms with Gasteiger partial charge in [0.25, 0.3) is 0 Å². The van der Waals surface area contributed by atoms with Crippen LogP contribution in [-0.4, -0.2) is 40.8 Å². The average molecular weight is 412 g/mol. The number of thiophene rings is 1. The Labute approximate surface area is 173 Å². The zero-order valence-electron chi connectivity index (χ0n) is 16.3. The fourth-order valence-electron chi connectivity index (χ4n) is 4.28. The number of amides is 1. The van der Waals surface area contributed by atoms with Gasteiger partial charge in [-0.05, 0) is 61.2 Å². The average Bonchev–Trinajstić information content (AvgIpc) is 3.26. The van der Waals surface area contributed by atoms with E-state index in [0.29, 0.717) is 12.6 Å². The molecule has 3 aromatic rings. The summed E-state index contributed by atoms with van der Waals surface area (Å²) in [6.45, 7) is 3.58. The van der Waals surface area contributed by atoms with Gasteiger partial charge in [0.1, 0.15) is 5.01 Å². The summed E-state index contributed by atoms with van der Waals surface area (Å²) in [5.74, 6) is 0.921. The van der Waals surface area contributed by atoms with Crippen LogP contribution in [0.15, 0.2) is 35.7 Å². The number of rotatable bonds is 5. The lowest BCUT2D eigenvalue weighted by atomic mass is 9.96. The van der Waals surface area contributed by atoms with Crippen LogP contribution in [0.2, 0.25) is 0 Å². The molecule has 1 amide bonds. The molecule has 146 valence electrons. The van der Waals surface area contributed by atoms with Crippen molar-refractivity contribution in [1.29, 1.82) is 0 Å². The molecule has 3 heterocycles. The Morgan fingerprint density at radius 1 is 1.32 bits per heavy atom. The van der Waals surface area contributed by atoms with E-state index in [-0.39, 0.29) is 11.9 Å². The number of hydrogen-bond acceptors (Lipinski definition) is 5. The normalized spacial score (nSPS) is 20.9. The van der Waals surface area contributed by atoms with Gasteiger partial charge in [0.15, 0.2) is 0 Å². The van der Waals surface area contributed by atoms with Crippen LogP contribution >= 0.6 is 22.7 Å². The molecule has 0 radical (unpaired) electrons. The molecule has 2 unspecified atom stereocenters. The Hall–Kier alpha value is -1.76. The number of fused-ring (bicyclic) bond motifs is 2. The molecule has 0 spiro atoms. The highest BCUT2D eigenvalue weighted by atomic mass is 32.1. The van der Waals surface area contributed by atoms with Crippen molar-refractivity contribution in [1.82, 2.24) is 14.8 Å². The predicted octanol–water partition coefficient (Wildman–Crippen LogP) is 4.89. The van der Waals surface area contributed by atoms with E-state index in [1.807, 2.05) is 41.5 Å². The first-order valence-corrected chi connectivity index (χ1v) is 11.7. The third kappa shape index (κ3) is 3.27. The van der Waals surface area contributed by atoms with Crippen LogP contribution in [0.5, 0.6) is 0 Å². The van der Waals surface area contributed by atoms with Crippen molar-refractivity contribution >= 4 is 38.8 Å². The van der Waals surface area contributed by atoms with Crippen LogP contribution < -0.4 is 0 Å². The van der Waals surface area contributed by atoms with Gasteiger partial charge in [-0.25, -0.2) is 4.98 Å². The van der Waals surface area contributed by atoms with E-state index >= 15 is 0 Å². The van der Waals surface area contributed by atoms with Crippen molar-refractivity contribution in [3.63, 3.8) is 0 Å². The SMILES string of the molecule is CC(c1nc2ccccc2s1)N(C)C(=O)CN1CCc2sccc2C1C1CC1. The Morgan fingerprint density at radius 3 is 2.93 bits per heavy atom. The Balaban J connectivity index is 1.32. The summed E-state index contributed by atoms with van der Waals surface area (Å²) in [6.07, 6.45) is 3.66. The summed E-state index contributed by atoms with van der Waals surface area (Å²) in [5, 5.41) is 3.22. The van der Waals surface area contributed by atoms with Crippen molar-refractivity contribution in [2.75, 3.05) is 20.1 Å². The Bertz CT molecular complexity index is 973. The lowest BCUT2D eigenvalue weighted by Crippen LogP contribution is -2.44. The molecule has 2 aromatic heterocycles. The van der Waals surface area contributed by atoms with Crippen molar-refractivity contribution in [2.45, 2.75) is 38.3 Å². The monoisotopic (exact) mass is 411 g/mol. The van der Waals surface area contributed by atoms with Gasteiger partial charge < -0.3 is 4.90 Å². The molecule has 0 N–H and O–H groups in total. The lowest BCUT2D eigenvalue weighted by Gasteiger charge is -2.37. The lowest BCUT2D eigenvalue weighted by molar-refractivity contribution is -0.133. The maximum absolute atomic E-state index is 13.1. The molecule has 0 bridgehead atoms. The first kappa shape index (κ1) is 18.3. The van der Waals surface area contributed by atoms with Crippen LogP contribution in [-0.2, 0) is 11.2 Å². The standard InChI is InChI=1S/C22H25N3OS2/c1-14(22-23-17-5-3-4-6-19(17)28-22)24(2)20(26)13-25-11-9-18-16(10-12-27-18)21(25)15-7-8-15/h3-6,10,12,14-15,21H,7-9,11,13H2,1-2H3. The largest absolute Gasteiger partial charge is 0.335 e. The molecule has 1 aliphatic heterocycles. The second-order valence-corrected chi connectivity index (χ2v) is 10.1. The molecule has 2 aliphatic rings. The molecule has 5 rings (SSSR count). The fourth-order valence-corrected chi connectivity index (χ4v) is 6.25. The number of benzene rings is 1. The minimum absolute atomic E-state index is 0.00854. The second kappa shape index (κ2) is 7.25. The number of carbonyl (C=O) groups excluding carboxylic acids is 1. The number of carbonyl (C=O) groups is 1. The smallest absolute Gasteiger partial charge is 0.237 e. The van der Waals surface area contributed by atoms with E-state index in [9.17, 15) is 4.79 Å². The number of para-hydroxylation sites is 1. The summed E-state index contributed by atoms with van der Waals surface area (Å²) >= 11 is 3.56. The van der Waals surface area contributed by atoms with Gasteiger partial charge in [-0.2, -0.15) is 0 Å². The Morgan fingerprint density at radius 2 is 2.14 bits per heavy atom. The van der Waals surface area contributed by atoms with E-state index in [1.165, 1.54) is 28.0 Å². The molecule has 4 nitrogen and oxygen atoms in total. The van der Waals surface area contributed by atoms with Crippen LogP contribution in [0, 0.1) is 5.92 Å². The highest BCUT2D eigenvalue weighted by Crippen LogP contribution is 2.48. The number of likely N-dealkylation sites (N-methyl/N-ethyl adjacent to an activating group) is 1. The van der Waals surface area contributed by atoms with Crippen molar-refractivity contribution in [3.05, 3.63) is 51.2 Å². The van der Waals surface area contributed by atoms with Gasteiger partial charge in [0.05, 0.1) is 22.8 Å². The maximum atomic E-state index is 13.1. The zero-order chi connectivity index (χ0) is 19.3. The van der Waals surface area contributed by atoms with Gasteiger partial charge in [0, 0.05) is 24.5 Å². The summed E-state index contributed by atoms with van der Waals surface area (Å²) in [6, 6.07) is 10.9. The molecule has 1 aliphatic carbocycles. The van der Waals surface area contributed by atoms with Crippen molar-refractivity contribution in [2.24, 2.45) is 5.92 Å². The molecule has 1 aromatic carbocycles. The molecule has 1 saturated carbocycles. The molecule has 2 atom stereocenters. The van der Waals surface area contributed by atoms with Gasteiger partial charge in [-0.3, -0.25) is 9.69 Å². The first-order chi connectivity index (χ1) is 13.6. The van der Waals surface area contributed by atoms with E-state index in [1.54, 1.807) is 11.3 Å². The molecule has 1 fully saturated rings. The highest BCUT2D eigenvalue weighted by Gasteiger charge is 2.40. The van der Waals surface area contributed by atoms with E-state index in [2.05, 4.69) is 29.3 Å². The molecular formula is C22H25N3OS2. The summed E-state index contributed by atoms with van der Waals surface area (Å²) < 4.78 is 1.18. The van der Waals surface area contributed by atoms with Crippen molar-refractivity contribution < 1.29 is 4.79 Å². The Kier molecular flexibility index (Phi) is 4.73. The van der Waals surface area contributed by atoms with E-state index in [0.717, 1.165) is 29.4 Å². The third-order valence-electron chi connectivity index (χ3n) is 6.17. The summed E-state index contributed by atoms with van der Waals surface area (Å²) in [4.78, 5) is 23.7. The second-order valence-electron chi connectivity index (χ2n) is 8.00. The van der Waals surface area contributed by atoms with Gasteiger partial charge in [0.2, 0.25) is 5.91 Å². The number of aromatic nitrogens is 1. The fraction of sp³-hybridized carbons (Fsp3) is 0.455. The van der Waals surface area contributed by atoms with E-state index in [4.69, 9.17) is 4.98 Å². The summed E-state index contributed by atoms with van der Waals surface area (Å²) in [7, 11) is 1.92. The minimum Gasteiger partial charge on any atom is -0.335 e. The topological polar surface area (TPSA) is 36.4 Å². The van der Waals surface area contributed by atoms with Crippen LogP contribution in [0.25, 0.3) is 10.2 Å². The predicted molar refractivity (Wildman–Crippen MR) is 116 cm³/mol. The molecule has 28 heavy (non-hydrogen) atoms. The van der Waals surface area contributed by atoms with Crippen LogP contribution in [0.4, 0.5) is 0 Å². The third-order valence-corrected chi connectivity index (χ3v) is 8.37. The summed E-state index contributed by atoms with van der Waals surface area (Å²) in [5.41, 5.74) is 2.50. The quantitative estimate of drug-likeness (QED) is 0.600. The number of thiazole rings is 1. The van der Waals surface area contributed by atoms with Gasteiger partial charge in [-0.1, -0.05) is 12.1 Å². The van der Waals surface area contributed by atoms with Gasteiger partial charge >= 0.3 is 0 Å². The van der Waals surface area contributed by atoms with Crippen LogP contribution in [0.3, 0.4) is 0 Å². The van der Waals surface area contributed by atoms with Gasteiger partial charge in [-0.15, -0.1) is 22.7 Å². The minimum atomic E-state index is -0.00854. The van der Waals surface area contributed by atoms with E-state index < -0.39 is 0 Å². The number of nitrogens with zero attached hydrogens (tertiary/aromatic N) is 3.